The molecular formula is C22H25N3O3. The third-order valence-corrected chi connectivity index (χ3v) is 4.45. The molecule has 0 saturated heterocycles. The average molecular weight is 379 g/mol. The first-order chi connectivity index (χ1) is 13.5. The summed E-state index contributed by atoms with van der Waals surface area (Å²) in [6, 6.07) is 15.5. The first kappa shape index (κ1) is 19.6. The van der Waals surface area contributed by atoms with E-state index in [0.717, 1.165) is 16.7 Å². The fourth-order valence-electron chi connectivity index (χ4n) is 2.85. The molecule has 3 aromatic rings. The Labute approximate surface area is 165 Å². The van der Waals surface area contributed by atoms with Crippen molar-refractivity contribution in [1.82, 2.24) is 15.0 Å². The molecule has 6 nitrogen and oxygen atoms in total. The van der Waals surface area contributed by atoms with Crippen LogP contribution in [0.5, 0.6) is 5.75 Å². The van der Waals surface area contributed by atoms with Crippen molar-refractivity contribution in [2.75, 3.05) is 6.54 Å². The number of ether oxygens (including phenoxy) is 1. The highest BCUT2D eigenvalue weighted by atomic mass is 16.5. The van der Waals surface area contributed by atoms with Crippen LogP contribution in [0.25, 0.3) is 11.4 Å². The number of carbonyl (C=O) groups excluding carboxylic acids is 1. The predicted molar refractivity (Wildman–Crippen MR) is 107 cm³/mol. The first-order valence-electron chi connectivity index (χ1n) is 9.38. The number of nitrogens with zero attached hydrogens (tertiary/aromatic N) is 3. The Hall–Kier alpha value is -3.15. The lowest BCUT2D eigenvalue weighted by Gasteiger charge is -2.23. The van der Waals surface area contributed by atoms with Gasteiger partial charge in [0.2, 0.25) is 11.7 Å². The molecule has 6 heteroatoms. The summed E-state index contributed by atoms with van der Waals surface area (Å²) in [5.74, 6) is 1.46. The Kier molecular flexibility index (Phi) is 6.09. The lowest BCUT2D eigenvalue weighted by molar-refractivity contribution is -0.138. The van der Waals surface area contributed by atoms with E-state index in [1.54, 1.807) is 11.8 Å². The van der Waals surface area contributed by atoms with Crippen molar-refractivity contribution in [2.24, 2.45) is 0 Å². The van der Waals surface area contributed by atoms with Gasteiger partial charge in [0.05, 0.1) is 0 Å². The van der Waals surface area contributed by atoms with E-state index in [4.69, 9.17) is 9.26 Å². The fraction of sp³-hybridized carbons (Fsp3) is 0.318. The molecule has 1 heterocycles. The summed E-state index contributed by atoms with van der Waals surface area (Å²) in [6.45, 7) is 8.43. The van der Waals surface area contributed by atoms with Gasteiger partial charge in [0.25, 0.3) is 5.91 Å². The van der Waals surface area contributed by atoms with Crippen molar-refractivity contribution in [1.29, 1.82) is 0 Å². The van der Waals surface area contributed by atoms with E-state index in [2.05, 4.69) is 10.1 Å². The molecule has 1 aromatic heterocycles. The van der Waals surface area contributed by atoms with E-state index < -0.39 is 6.10 Å². The van der Waals surface area contributed by atoms with E-state index >= 15 is 0 Å². The topological polar surface area (TPSA) is 68.5 Å². The Morgan fingerprint density at radius 3 is 2.57 bits per heavy atom. The predicted octanol–water partition coefficient (Wildman–Crippen LogP) is 4.17. The quantitative estimate of drug-likeness (QED) is 0.616. The molecule has 28 heavy (non-hydrogen) atoms. The Morgan fingerprint density at radius 2 is 1.89 bits per heavy atom. The van der Waals surface area contributed by atoms with E-state index in [9.17, 15) is 4.79 Å². The highest BCUT2D eigenvalue weighted by Crippen LogP contribution is 2.18. The van der Waals surface area contributed by atoms with Crippen LogP contribution >= 0.6 is 0 Å². The number of amides is 1. The van der Waals surface area contributed by atoms with Crippen LogP contribution in [0.3, 0.4) is 0 Å². The number of aromatic nitrogens is 2. The number of hydrogen-bond donors (Lipinski definition) is 0. The van der Waals surface area contributed by atoms with Crippen LogP contribution in [0.15, 0.2) is 53.1 Å². The number of benzene rings is 2. The zero-order valence-corrected chi connectivity index (χ0v) is 16.7. The average Bonchev–Trinajstić information content (AvgIpc) is 3.14. The van der Waals surface area contributed by atoms with Crippen molar-refractivity contribution in [3.63, 3.8) is 0 Å². The van der Waals surface area contributed by atoms with Crippen LogP contribution in [0.4, 0.5) is 0 Å². The molecule has 3 rings (SSSR count). The molecular weight excluding hydrogens is 354 g/mol. The Morgan fingerprint density at radius 1 is 1.14 bits per heavy atom. The summed E-state index contributed by atoms with van der Waals surface area (Å²) in [7, 11) is 0. The van der Waals surface area contributed by atoms with Gasteiger partial charge in [-0.2, -0.15) is 4.98 Å². The van der Waals surface area contributed by atoms with Crippen molar-refractivity contribution >= 4 is 5.91 Å². The SMILES string of the molecule is CCN(Cc1nc(-c2ccc(C)cc2)no1)C(=O)[C@@H](C)Oc1cccc(C)c1. The van der Waals surface area contributed by atoms with Gasteiger partial charge in [-0.25, -0.2) is 0 Å². The minimum Gasteiger partial charge on any atom is -0.481 e. The van der Waals surface area contributed by atoms with Gasteiger partial charge in [-0.15, -0.1) is 0 Å². The molecule has 1 amide bonds. The third kappa shape index (κ3) is 4.76. The highest BCUT2D eigenvalue weighted by Gasteiger charge is 2.23. The van der Waals surface area contributed by atoms with Crippen LogP contribution in [-0.4, -0.2) is 33.6 Å². The standard InChI is InChI=1S/C22H25N3O3/c1-5-25(22(26)17(4)27-19-8-6-7-16(3)13-19)14-20-23-21(24-28-20)18-11-9-15(2)10-12-18/h6-13,17H,5,14H2,1-4H3/t17-/m1/s1. The minimum atomic E-state index is -0.610. The third-order valence-electron chi connectivity index (χ3n) is 4.45. The maximum Gasteiger partial charge on any atom is 0.263 e. The summed E-state index contributed by atoms with van der Waals surface area (Å²) in [5, 5.41) is 4.03. The number of likely N-dealkylation sites (N-methyl/N-ethyl adjacent to an activating group) is 1. The molecule has 0 fully saturated rings. The molecule has 0 aliphatic heterocycles. The van der Waals surface area contributed by atoms with Crippen molar-refractivity contribution < 1.29 is 14.1 Å². The van der Waals surface area contributed by atoms with Gasteiger partial charge in [0.1, 0.15) is 12.3 Å². The summed E-state index contributed by atoms with van der Waals surface area (Å²) >= 11 is 0. The van der Waals surface area contributed by atoms with E-state index in [1.165, 1.54) is 0 Å². The van der Waals surface area contributed by atoms with Crippen LogP contribution < -0.4 is 4.74 Å². The van der Waals surface area contributed by atoms with Gasteiger partial charge < -0.3 is 14.2 Å². The van der Waals surface area contributed by atoms with Crippen LogP contribution in [0.2, 0.25) is 0 Å². The van der Waals surface area contributed by atoms with Crippen molar-refractivity contribution in [3.8, 4) is 17.1 Å². The maximum absolute atomic E-state index is 12.8. The van der Waals surface area contributed by atoms with Gasteiger partial charge >= 0.3 is 0 Å². The second-order valence-corrected chi connectivity index (χ2v) is 6.81. The normalized spacial score (nSPS) is 11.9. The van der Waals surface area contributed by atoms with Crippen LogP contribution in [0, 0.1) is 13.8 Å². The number of aryl methyl sites for hydroxylation is 2. The van der Waals surface area contributed by atoms with Crippen molar-refractivity contribution in [2.45, 2.75) is 40.3 Å². The molecule has 0 aliphatic rings. The lowest BCUT2D eigenvalue weighted by Crippen LogP contribution is -2.40. The molecule has 0 aliphatic carbocycles. The zero-order chi connectivity index (χ0) is 20.1. The summed E-state index contributed by atoms with van der Waals surface area (Å²) in [5.41, 5.74) is 3.13. The monoisotopic (exact) mass is 379 g/mol. The molecule has 1 atom stereocenters. The summed E-state index contributed by atoms with van der Waals surface area (Å²) in [4.78, 5) is 18.9. The smallest absolute Gasteiger partial charge is 0.263 e. The maximum atomic E-state index is 12.8. The molecule has 0 N–H and O–H groups in total. The van der Waals surface area contributed by atoms with Crippen LogP contribution in [0.1, 0.15) is 30.9 Å². The molecule has 0 unspecified atom stereocenters. The van der Waals surface area contributed by atoms with Gasteiger partial charge in [-0.05, 0) is 45.4 Å². The molecule has 2 aromatic carbocycles. The summed E-state index contributed by atoms with van der Waals surface area (Å²) < 4.78 is 11.2. The second kappa shape index (κ2) is 8.69. The molecule has 0 bridgehead atoms. The molecule has 0 radical (unpaired) electrons. The van der Waals surface area contributed by atoms with Gasteiger partial charge in [0.15, 0.2) is 6.10 Å². The largest absolute Gasteiger partial charge is 0.481 e. The van der Waals surface area contributed by atoms with E-state index in [-0.39, 0.29) is 12.5 Å². The fourth-order valence-corrected chi connectivity index (χ4v) is 2.85. The minimum absolute atomic E-state index is 0.126. The Balaban J connectivity index is 1.66. The number of carbonyl (C=O) groups is 1. The van der Waals surface area contributed by atoms with Crippen LogP contribution in [-0.2, 0) is 11.3 Å². The van der Waals surface area contributed by atoms with Crippen molar-refractivity contribution in [3.05, 3.63) is 65.5 Å². The second-order valence-electron chi connectivity index (χ2n) is 6.81. The Bertz CT molecular complexity index is 934. The lowest BCUT2D eigenvalue weighted by atomic mass is 10.1. The zero-order valence-electron chi connectivity index (χ0n) is 16.7. The number of rotatable bonds is 7. The molecule has 146 valence electrons. The van der Waals surface area contributed by atoms with E-state index in [0.29, 0.717) is 24.0 Å². The summed E-state index contributed by atoms with van der Waals surface area (Å²) in [6.07, 6.45) is -0.610. The first-order valence-corrected chi connectivity index (χ1v) is 9.38. The molecule has 0 spiro atoms. The van der Waals surface area contributed by atoms with Gasteiger partial charge in [-0.1, -0.05) is 47.1 Å². The van der Waals surface area contributed by atoms with E-state index in [1.807, 2.05) is 69.3 Å². The number of hydrogen-bond acceptors (Lipinski definition) is 5. The van der Waals surface area contributed by atoms with Gasteiger partial charge in [0, 0.05) is 12.1 Å². The molecule has 0 saturated carbocycles. The highest BCUT2D eigenvalue weighted by molar-refractivity contribution is 5.80. The van der Waals surface area contributed by atoms with Gasteiger partial charge in [-0.3, -0.25) is 4.79 Å².